The highest BCUT2D eigenvalue weighted by molar-refractivity contribution is 7.22. The van der Waals surface area contributed by atoms with E-state index in [1.807, 2.05) is 42.5 Å². The Kier molecular flexibility index (Phi) is 7.58. The second kappa shape index (κ2) is 11.0. The molecular weight excluding hydrogens is 492 g/mol. The smallest absolute Gasteiger partial charge is 0.195 e. The summed E-state index contributed by atoms with van der Waals surface area (Å²) in [4.78, 5) is 22.8. The molecule has 0 N–H and O–H groups in total. The van der Waals surface area contributed by atoms with Crippen LogP contribution in [0.25, 0.3) is 20.5 Å². The van der Waals surface area contributed by atoms with E-state index in [4.69, 9.17) is 21.2 Å². The number of hydroxylamine groups is 2. The van der Waals surface area contributed by atoms with Crippen LogP contribution in [0.2, 0.25) is 5.02 Å². The third-order valence-corrected chi connectivity index (χ3v) is 7.80. The third kappa shape index (κ3) is 5.42. The molecule has 0 amide bonds. The topological polar surface area (TPSA) is 42.0 Å². The fourth-order valence-corrected chi connectivity index (χ4v) is 5.95. The van der Waals surface area contributed by atoms with E-state index in [0.717, 1.165) is 32.8 Å². The van der Waals surface area contributed by atoms with Crippen LogP contribution in [0.5, 0.6) is 11.5 Å². The average Bonchev–Trinajstić information content (AvgIpc) is 3.53. The number of benzene rings is 3. The quantitative estimate of drug-likeness (QED) is 0.180. The molecule has 7 heteroatoms. The highest BCUT2D eigenvalue weighted by Gasteiger charge is 2.22. The van der Waals surface area contributed by atoms with Crippen LogP contribution < -0.4 is 9.57 Å². The Labute approximate surface area is 220 Å². The molecule has 0 bridgehead atoms. The van der Waals surface area contributed by atoms with Crippen LogP contribution in [0, 0.1) is 0 Å². The van der Waals surface area contributed by atoms with E-state index in [-0.39, 0.29) is 5.78 Å². The van der Waals surface area contributed by atoms with Crippen molar-refractivity contribution in [1.82, 2.24) is 9.96 Å². The number of fused-ring (bicyclic) bond motifs is 1. The van der Waals surface area contributed by atoms with E-state index in [1.54, 1.807) is 48.7 Å². The molecule has 3 aromatic carbocycles. The van der Waals surface area contributed by atoms with Crippen molar-refractivity contribution in [1.29, 1.82) is 0 Å². The molecule has 0 atom stereocenters. The minimum Gasteiger partial charge on any atom is -0.492 e. The number of ketones is 1. The molecule has 186 valence electrons. The van der Waals surface area contributed by atoms with Crippen LogP contribution in [0.3, 0.4) is 0 Å². The minimum absolute atomic E-state index is 0.0632. The zero-order valence-electron chi connectivity index (χ0n) is 20.5. The monoisotopic (exact) mass is 520 g/mol. The zero-order valence-corrected chi connectivity index (χ0v) is 22.1. The molecule has 1 saturated heterocycles. The molecule has 0 unspecified atom stereocenters. The van der Waals surface area contributed by atoms with Crippen molar-refractivity contribution >= 4 is 38.8 Å². The van der Waals surface area contributed by atoms with E-state index >= 15 is 0 Å². The first-order valence-corrected chi connectivity index (χ1v) is 13.4. The lowest BCUT2D eigenvalue weighted by Crippen LogP contribution is -2.25. The maximum atomic E-state index is 13.8. The third-order valence-electron chi connectivity index (χ3n) is 6.29. The number of ether oxygens (including phenoxy) is 1. The van der Waals surface area contributed by atoms with Gasteiger partial charge in [-0.2, -0.15) is 5.06 Å². The molecule has 5 rings (SSSR count). The van der Waals surface area contributed by atoms with Gasteiger partial charge in [0.05, 0.1) is 5.02 Å². The summed E-state index contributed by atoms with van der Waals surface area (Å²) in [6.07, 6.45) is 2.57. The molecular formula is C29H29ClN2O3S. The summed E-state index contributed by atoms with van der Waals surface area (Å²) in [7, 11) is 3.56. The van der Waals surface area contributed by atoms with Gasteiger partial charge in [-0.25, -0.2) is 0 Å². The molecule has 2 heterocycles. The second-order valence-electron chi connectivity index (χ2n) is 9.10. The normalized spacial score (nSPS) is 14.0. The molecule has 1 aromatic heterocycles. The summed E-state index contributed by atoms with van der Waals surface area (Å²) in [5.74, 6) is 1.29. The van der Waals surface area contributed by atoms with Gasteiger partial charge in [-0.15, -0.1) is 11.3 Å². The van der Waals surface area contributed by atoms with Crippen LogP contribution in [0.15, 0.2) is 66.7 Å². The van der Waals surface area contributed by atoms with Gasteiger partial charge in [0.25, 0.3) is 0 Å². The zero-order chi connectivity index (χ0) is 25.1. The predicted molar refractivity (Wildman–Crippen MR) is 148 cm³/mol. The Hall–Kier alpha value is -2.90. The Balaban J connectivity index is 1.42. The van der Waals surface area contributed by atoms with Gasteiger partial charge in [-0.05, 0) is 80.0 Å². The molecule has 5 nitrogen and oxygen atoms in total. The van der Waals surface area contributed by atoms with E-state index in [2.05, 4.69) is 11.0 Å². The SMILES string of the molecule is CN(C)Oc1ccc(C(=O)c2c(-c3ccc(OCCN4CCCC4)cc3)sc3ccccc23)cc1Cl. The van der Waals surface area contributed by atoms with Gasteiger partial charge in [0.1, 0.15) is 12.4 Å². The van der Waals surface area contributed by atoms with Crippen LogP contribution in [-0.4, -0.2) is 56.1 Å². The number of halogens is 1. The lowest BCUT2D eigenvalue weighted by atomic mass is 9.97. The van der Waals surface area contributed by atoms with E-state index < -0.39 is 0 Å². The predicted octanol–water partition coefficient (Wildman–Crippen LogP) is 6.78. The van der Waals surface area contributed by atoms with Gasteiger partial charge in [-0.1, -0.05) is 29.8 Å². The molecule has 1 fully saturated rings. The molecule has 4 aromatic rings. The minimum atomic E-state index is -0.0632. The van der Waals surface area contributed by atoms with E-state index in [1.165, 1.54) is 25.9 Å². The number of carbonyl (C=O) groups excluding carboxylic acids is 1. The number of thiophene rings is 1. The number of likely N-dealkylation sites (tertiary alicyclic amines) is 1. The fourth-order valence-electron chi connectivity index (χ4n) is 4.53. The first-order valence-electron chi connectivity index (χ1n) is 12.2. The number of carbonyl (C=O) groups is 1. The Morgan fingerprint density at radius 2 is 1.78 bits per heavy atom. The Bertz CT molecular complexity index is 1360. The van der Waals surface area contributed by atoms with E-state index in [9.17, 15) is 4.79 Å². The Morgan fingerprint density at radius 1 is 1.03 bits per heavy atom. The lowest BCUT2D eigenvalue weighted by Gasteiger charge is -2.15. The molecule has 36 heavy (non-hydrogen) atoms. The molecule has 0 spiro atoms. The summed E-state index contributed by atoms with van der Waals surface area (Å²) in [6, 6.07) is 21.2. The van der Waals surface area contributed by atoms with Gasteiger partial charge in [0.2, 0.25) is 0 Å². The van der Waals surface area contributed by atoms with Gasteiger partial charge < -0.3 is 9.57 Å². The summed E-state index contributed by atoms with van der Waals surface area (Å²) >= 11 is 8.06. The first kappa shape index (κ1) is 24.8. The fraction of sp³-hybridized carbons (Fsp3) is 0.276. The number of hydrogen-bond acceptors (Lipinski definition) is 6. The van der Waals surface area contributed by atoms with Crippen molar-refractivity contribution in [3.05, 3.63) is 82.9 Å². The van der Waals surface area contributed by atoms with Crippen molar-refractivity contribution < 1.29 is 14.4 Å². The summed E-state index contributed by atoms with van der Waals surface area (Å²) < 4.78 is 7.05. The van der Waals surface area contributed by atoms with Crippen LogP contribution in [-0.2, 0) is 0 Å². The average molecular weight is 521 g/mol. The molecule has 1 aliphatic rings. The van der Waals surface area contributed by atoms with Crippen LogP contribution in [0.1, 0.15) is 28.8 Å². The van der Waals surface area contributed by atoms with Gasteiger partial charge in [-0.3, -0.25) is 9.69 Å². The number of nitrogens with zero attached hydrogens (tertiary/aromatic N) is 2. The van der Waals surface area contributed by atoms with Crippen molar-refractivity contribution in [2.75, 3.05) is 40.3 Å². The summed E-state index contributed by atoms with van der Waals surface area (Å²) in [5.41, 5.74) is 2.21. The standard InChI is InChI=1S/C29H29ClN2O3S/c1-31(2)35-25-14-11-21(19-24(25)30)28(33)27-23-7-3-4-8-26(23)36-29(27)20-9-12-22(13-10-20)34-18-17-32-15-5-6-16-32/h3-4,7-14,19H,5-6,15-18H2,1-2H3. The number of hydrogen-bond donors (Lipinski definition) is 0. The van der Waals surface area contributed by atoms with Crippen LogP contribution >= 0.6 is 22.9 Å². The Morgan fingerprint density at radius 3 is 2.50 bits per heavy atom. The summed E-state index contributed by atoms with van der Waals surface area (Å²) in [6.45, 7) is 3.97. The molecule has 0 radical (unpaired) electrons. The highest BCUT2D eigenvalue weighted by Crippen LogP contribution is 2.41. The lowest BCUT2D eigenvalue weighted by molar-refractivity contribution is -0.00315. The van der Waals surface area contributed by atoms with Crippen LogP contribution in [0.4, 0.5) is 0 Å². The van der Waals surface area contributed by atoms with Crippen molar-refractivity contribution in [3.63, 3.8) is 0 Å². The van der Waals surface area contributed by atoms with Gasteiger partial charge in [0.15, 0.2) is 11.5 Å². The van der Waals surface area contributed by atoms with Gasteiger partial charge in [0, 0.05) is 46.7 Å². The van der Waals surface area contributed by atoms with Gasteiger partial charge >= 0.3 is 0 Å². The van der Waals surface area contributed by atoms with Crippen molar-refractivity contribution in [3.8, 4) is 21.9 Å². The molecule has 0 saturated carbocycles. The molecule has 0 aliphatic carbocycles. The highest BCUT2D eigenvalue weighted by atomic mass is 35.5. The second-order valence-corrected chi connectivity index (χ2v) is 10.6. The van der Waals surface area contributed by atoms with Crippen molar-refractivity contribution in [2.45, 2.75) is 12.8 Å². The summed E-state index contributed by atoms with van der Waals surface area (Å²) in [5, 5.41) is 2.90. The maximum Gasteiger partial charge on any atom is 0.195 e. The largest absolute Gasteiger partial charge is 0.492 e. The number of rotatable bonds is 9. The van der Waals surface area contributed by atoms with Crippen molar-refractivity contribution in [2.24, 2.45) is 0 Å². The van der Waals surface area contributed by atoms with E-state index in [0.29, 0.717) is 28.5 Å². The maximum absolute atomic E-state index is 13.8. The first-order chi connectivity index (χ1) is 17.5. The molecule has 1 aliphatic heterocycles.